The van der Waals surface area contributed by atoms with Crippen LogP contribution in [0, 0.1) is 0 Å². The van der Waals surface area contributed by atoms with Crippen LogP contribution in [0.3, 0.4) is 0 Å². The molecular weight excluding hydrogens is 150 g/mol. The zero-order valence-corrected chi connectivity index (χ0v) is 8.21. The zero-order chi connectivity index (χ0) is 8.97. The van der Waals surface area contributed by atoms with Crippen LogP contribution < -0.4 is 11.1 Å². The van der Waals surface area contributed by atoms with Gasteiger partial charge in [-0.2, -0.15) is 0 Å². The van der Waals surface area contributed by atoms with Gasteiger partial charge in [-0.1, -0.05) is 0 Å². The maximum absolute atomic E-state index is 5.76. The second kappa shape index (κ2) is 4.80. The fourth-order valence-electron chi connectivity index (χ4n) is 1.81. The van der Waals surface area contributed by atoms with Crippen molar-refractivity contribution in [2.45, 2.75) is 32.4 Å². The van der Waals surface area contributed by atoms with Crippen LogP contribution in [0.25, 0.3) is 0 Å². The monoisotopic (exact) mass is 171 g/mol. The normalized spacial score (nSPS) is 25.2. The molecule has 1 aliphatic rings. The lowest BCUT2D eigenvalue weighted by Gasteiger charge is -2.33. The van der Waals surface area contributed by atoms with E-state index in [0.717, 1.165) is 19.5 Å². The van der Waals surface area contributed by atoms with Gasteiger partial charge in [0.05, 0.1) is 0 Å². The molecule has 0 aromatic heterocycles. The summed E-state index contributed by atoms with van der Waals surface area (Å²) in [6, 6.07) is 0.974. The fraction of sp³-hybridized carbons (Fsp3) is 1.00. The first kappa shape index (κ1) is 9.96. The maximum atomic E-state index is 5.76. The van der Waals surface area contributed by atoms with Gasteiger partial charge in [0.1, 0.15) is 0 Å². The topological polar surface area (TPSA) is 41.3 Å². The Kier molecular flexibility index (Phi) is 3.98. The predicted molar refractivity (Wildman–Crippen MR) is 52.2 cm³/mol. The van der Waals surface area contributed by atoms with E-state index < -0.39 is 0 Å². The molecule has 0 aliphatic carbocycles. The number of rotatable bonds is 3. The number of hydrogen-bond acceptors (Lipinski definition) is 3. The summed E-state index contributed by atoms with van der Waals surface area (Å²) in [5.41, 5.74) is 5.76. The van der Waals surface area contributed by atoms with Crippen molar-refractivity contribution < 1.29 is 0 Å². The van der Waals surface area contributed by atoms with Crippen molar-refractivity contribution in [1.82, 2.24) is 10.2 Å². The van der Waals surface area contributed by atoms with E-state index in [1.54, 1.807) is 0 Å². The van der Waals surface area contributed by atoms with Gasteiger partial charge >= 0.3 is 0 Å². The van der Waals surface area contributed by atoms with Crippen molar-refractivity contribution in [3.8, 4) is 0 Å². The van der Waals surface area contributed by atoms with Gasteiger partial charge in [0.25, 0.3) is 0 Å². The maximum Gasteiger partial charge on any atom is 0.0110 e. The van der Waals surface area contributed by atoms with Crippen LogP contribution in [0.5, 0.6) is 0 Å². The Bertz CT molecular complexity index is 119. The van der Waals surface area contributed by atoms with Crippen LogP contribution >= 0.6 is 0 Å². The fourth-order valence-corrected chi connectivity index (χ4v) is 1.81. The highest BCUT2D eigenvalue weighted by Crippen LogP contribution is 2.06. The van der Waals surface area contributed by atoms with E-state index in [2.05, 4.69) is 24.1 Å². The molecule has 1 aliphatic heterocycles. The molecular formula is C9H21N3. The lowest BCUT2D eigenvalue weighted by molar-refractivity contribution is 0.172. The highest BCUT2D eigenvalue weighted by molar-refractivity contribution is 4.75. The van der Waals surface area contributed by atoms with E-state index in [4.69, 9.17) is 5.73 Å². The van der Waals surface area contributed by atoms with Gasteiger partial charge in [-0.05, 0) is 20.3 Å². The summed E-state index contributed by atoms with van der Waals surface area (Å²) in [6.07, 6.45) is 1.11. The number of piperazine rings is 1. The van der Waals surface area contributed by atoms with E-state index in [1.165, 1.54) is 13.1 Å². The number of hydrogen-bond donors (Lipinski definition) is 2. The number of nitrogens with two attached hydrogens (primary N) is 1. The van der Waals surface area contributed by atoms with E-state index in [1.807, 2.05) is 0 Å². The third-order valence-electron chi connectivity index (χ3n) is 2.49. The van der Waals surface area contributed by atoms with Crippen LogP contribution in [-0.2, 0) is 0 Å². The molecule has 3 N–H and O–H groups in total. The van der Waals surface area contributed by atoms with Crippen molar-refractivity contribution in [3.05, 3.63) is 0 Å². The Hall–Kier alpha value is -0.120. The standard InChI is InChI=1S/C9H21N3/c1-8(10)7-9(2)12-5-3-11-4-6-12/h8-9,11H,3-7,10H2,1-2H3. The molecule has 1 heterocycles. The Labute approximate surface area is 75.3 Å². The molecule has 12 heavy (non-hydrogen) atoms. The molecule has 1 saturated heterocycles. The van der Waals surface area contributed by atoms with Crippen LogP contribution in [0.4, 0.5) is 0 Å². The van der Waals surface area contributed by atoms with Crippen LogP contribution in [0.1, 0.15) is 20.3 Å². The molecule has 0 radical (unpaired) electrons. The van der Waals surface area contributed by atoms with Crippen molar-refractivity contribution in [1.29, 1.82) is 0 Å². The minimum atomic E-state index is 0.329. The molecule has 0 aromatic rings. The van der Waals surface area contributed by atoms with E-state index in [0.29, 0.717) is 12.1 Å². The quantitative estimate of drug-likeness (QED) is 0.629. The summed E-state index contributed by atoms with van der Waals surface area (Å²) < 4.78 is 0. The molecule has 3 heteroatoms. The SMILES string of the molecule is CC(N)CC(C)N1CCNCC1. The summed E-state index contributed by atoms with van der Waals surface area (Å²) in [5, 5.41) is 3.35. The van der Waals surface area contributed by atoms with Crippen LogP contribution in [0.2, 0.25) is 0 Å². The molecule has 2 unspecified atom stereocenters. The largest absolute Gasteiger partial charge is 0.328 e. The van der Waals surface area contributed by atoms with E-state index >= 15 is 0 Å². The highest BCUT2D eigenvalue weighted by atomic mass is 15.2. The molecule has 0 bridgehead atoms. The molecule has 2 atom stereocenters. The lowest BCUT2D eigenvalue weighted by atomic mass is 10.1. The minimum Gasteiger partial charge on any atom is -0.328 e. The van der Waals surface area contributed by atoms with Crippen LogP contribution in [0.15, 0.2) is 0 Å². The van der Waals surface area contributed by atoms with Gasteiger partial charge in [-0.25, -0.2) is 0 Å². The Morgan fingerprint density at radius 3 is 2.42 bits per heavy atom. The number of nitrogens with zero attached hydrogens (tertiary/aromatic N) is 1. The molecule has 72 valence electrons. The first-order valence-corrected chi connectivity index (χ1v) is 4.90. The van der Waals surface area contributed by atoms with E-state index in [9.17, 15) is 0 Å². The second-order valence-electron chi connectivity index (χ2n) is 3.85. The van der Waals surface area contributed by atoms with E-state index in [-0.39, 0.29) is 0 Å². The van der Waals surface area contributed by atoms with Crippen molar-refractivity contribution in [2.24, 2.45) is 5.73 Å². The van der Waals surface area contributed by atoms with Gasteiger partial charge in [0, 0.05) is 38.3 Å². The van der Waals surface area contributed by atoms with Gasteiger partial charge in [0.15, 0.2) is 0 Å². The summed E-state index contributed by atoms with van der Waals surface area (Å²) in [5.74, 6) is 0. The van der Waals surface area contributed by atoms with Gasteiger partial charge < -0.3 is 11.1 Å². The summed E-state index contributed by atoms with van der Waals surface area (Å²) >= 11 is 0. The average Bonchev–Trinajstić information content (AvgIpc) is 2.05. The zero-order valence-electron chi connectivity index (χ0n) is 8.21. The van der Waals surface area contributed by atoms with Crippen molar-refractivity contribution in [3.63, 3.8) is 0 Å². The molecule has 1 fully saturated rings. The minimum absolute atomic E-state index is 0.329. The van der Waals surface area contributed by atoms with Crippen LogP contribution in [-0.4, -0.2) is 43.2 Å². The molecule has 0 spiro atoms. The Morgan fingerprint density at radius 2 is 1.92 bits per heavy atom. The first-order valence-electron chi connectivity index (χ1n) is 4.90. The van der Waals surface area contributed by atoms with Crippen molar-refractivity contribution in [2.75, 3.05) is 26.2 Å². The van der Waals surface area contributed by atoms with Gasteiger partial charge in [0.2, 0.25) is 0 Å². The molecule has 0 aromatic carbocycles. The third kappa shape index (κ3) is 3.09. The summed E-state index contributed by atoms with van der Waals surface area (Å²) in [7, 11) is 0. The Morgan fingerprint density at radius 1 is 1.33 bits per heavy atom. The van der Waals surface area contributed by atoms with Gasteiger partial charge in [-0.15, -0.1) is 0 Å². The predicted octanol–water partition coefficient (Wildman–Crippen LogP) is 0.0174. The Balaban J connectivity index is 2.24. The smallest absolute Gasteiger partial charge is 0.0110 e. The molecule has 0 saturated carbocycles. The number of nitrogens with one attached hydrogen (secondary N) is 1. The summed E-state index contributed by atoms with van der Waals surface area (Å²) in [4.78, 5) is 2.51. The first-order chi connectivity index (χ1) is 5.70. The molecule has 1 rings (SSSR count). The highest BCUT2D eigenvalue weighted by Gasteiger charge is 2.16. The van der Waals surface area contributed by atoms with Gasteiger partial charge in [-0.3, -0.25) is 4.90 Å². The van der Waals surface area contributed by atoms with Crippen molar-refractivity contribution >= 4 is 0 Å². The lowest BCUT2D eigenvalue weighted by Crippen LogP contribution is -2.48. The molecule has 0 amide bonds. The molecule has 3 nitrogen and oxygen atoms in total. The second-order valence-corrected chi connectivity index (χ2v) is 3.85. The summed E-state index contributed by atoms with van der Waals surface area (Å²) in [6.45, 7) is 8.96. The average molecular weight is 171 g/mol. The third-order valence-corrected chi connectivity index (χ3v) is 2.49.